The van der Waals surface area contributed by atoms with Gasteiger partial charge in [-0.05, 0) is 30.3 Å². The number of ketones is 1. The standard InChI is InChI=1S/C14H10F3NO3/c15-14(16,17)21-11-3-1-9(2-4-11)18-7-8-5-10(19)6-12(8)13(18)20/h1-4,6,8H,5,7H2. The van der Waals surface area contributed by atoms with E-state index in [0.717, 1.165) is 12.1 Å². The Morgan fingerprint density at radius 1 is 1.14 bits per heavy atom. The molecule has 1 heterocycles. The Hall–Kier alpha value is -2.31. The van der Waals surface area contributed by atoms with Crippen LogP contribution in [0.25, 0.3) is 0 Å². The topological polar surface area (TPSA) is 46.6 Å². The first kappa shape index (κ1) is 13.7. The number of hydrogen-bond acceptors (Lipinski definition) is 3. The minimum atomic E-state index is -4.74. The summed E-state index contributed by atoms with van der Waals surface area (Å²) >= 11 is 0. The van der Waals surface area contributed by atoms with E-state index in [1.807, 2.05) is 0 Å². The van der Waals surface area contributed by atoms with E-state index in [4.69, 9.17) is 0 Å². The fraction of sp³-hybridized carbons (Fsp3) is 0.286. The van der Waals surface area contributed by atoms with E-state index in [0.29, 0.717) is 24.2 Å². The van der Waals surface area contributed by atoms with E-state index in [1.165, 1.54) is 23.1 Å². The van der Waals surface area contributed by atoms with Crippen molar-refractivity contribution < 1.29 is 27.5 Å². The highest BCUT2D eigenvalue weighted by atomic mass is 19.4. The maximum Gasteiger partial charge on any atom is 0.573 e. The Kier molecular flexibility index (Phi) is 3.00. The van der Waals surface area contributed by atoms with Crippen molar-refractivity contribution in [3.05, 3.63) is 35.9 Å². The molecule has 2 aliphatic rings. The average molecular weight is 297 g/mol. The lowest BCUT2D eigenvalue weighted by Crippen LogP contribution is -2.25. The second-order valence-electron chi connectivity index (χ2n) is 4.92. The number of amides is 1. The van der Waals surface area contributed by atoms with Crippen LogP contribution in [0.1, 0.15) is 6.42 Å². The van der Waals surface area contributed by atoms with Gasteiger partial charge < -0.3 is 9.64 Å². The number of fused-ring (bicyclic) bond motifs is 1. The lowest BCUT2D eigenvalue weighted by atomic mass is 10.1. The lowest BCUT2D eigenvalue weighted by molar-refractivity contribution is -0.274. The van der Waals surface area contributed by atoms with Crippen molar-refractivity contribution in [3.8, 4) is 5.75 Å². The summed E-state index contributed by atoms with van der Waals surface area (Å²) in [7, 11) is 0. The van der Waals surface area contributed by atoms with Crippen molar-refractivity contribution in [2.45, 2.75) is 12.8 Å². The van der Waals surface area contributed by atoms with Gasteiger partial charge in [0, 0.05) is 30.1 Å². The van der Waals surface area contributed by atoms with Crippen molar-refractivity contribution in [2.24, 2.45) is 5.92 Å². The quantitative estimate of drug-likeness (QED) is 0.842. The van der Waals surface area contributed by atoms with E-state index in [-0.39, 0.29) is 23.4 Å². The molecule has 1 fully saturated rings. The maximum absolute atomic E-state index is 12.1. The number of allylic oxidation sites excluding steroid dienone is 1. The highest BCUT2D eigenvalue weighted by Crippen LogP contribution is 2.35. The molecular formula is C14H10F3NO3. The van der Waals surface area contributed by atoms with E-state index < -0.39 is 6.36 Å². The maximum atomic E-state index is 12.1. The summed E-state index contributed by atoms with van der Waals surface area (Å²) in [5, 5.41) is 0. The molecule has 110 valence electrons. The third-order valence-corrected chi connectivity index (χ3v) is 3.48. The van der Waals surface area contributed by atoms with Gasteiger partial charge in [0.2, 0.25) is 0 Å². The summed E-state index contributed by atoms with van der Waals surface area (Å²) in [6, 6.07) is 5.10. The van der Waals surface area contributed by atoms with Gasteiger partial charge in [-0.2, -0.15) is 0 Å². The number of nitrogens with zero attached hydrogens (tertiary/aromatic N) is 1. The predicted octanol–water partition coefficient (Wildman–Crippen LogP) is 2.45. The number of carbonyl (C=O) groups is 2. The zero-order valence-corrected chi connectivity index (χ0v) is 10.7. The summed E-state index contributed by atoms with van der Waals surface area (Å²) in [6.45, 7) is 0.371. The van der Waals surface area contributed by atoms with Crippen LogP contribution in [0.3, 0.4) is 0 Å². The third-order valence-electron chi connectivity index (χ3n) is 3.48. The first-order valence-corrected chi connectivity index (χ1v) is 6.25. The molecule has 1 aromatic rings. The number of rotatable bonds is 2. The van der Waals surface area contributed by atoms with Gasteiger partial charge in [0.25, 0.3) is 5.91 Å². The van der Waals surface area contributed by atoms with Gasteiger partial charge in [0.1, 0.15) is 5.75 Å². The SMILES string of the molecule is O=C1C=C2C(=O)N(c3ccc(OC(F)(F)F)cc3)CC2C1. The molecule has 1 unspecified atom stereocenters. The molecule has 1 aliphatic carbocycles. The first-order chi connectivity index (χ1) is 9.83. The molecule has 1 amide bonds. The van der Waals surface area contributed by atoms with E-state index >= 15 is 0 Å². The van der Waals surface area contributed by atoms with Crippen molar-refractivity contribution in [3.63, 3.8) is 0 Å². The molecule has 1 atom stereocenters. The Bertz CT molecular complexity index is 634. The molecule has 0 radical (unpaired) electrons. The van der Waals surface area contributed by atoms with Gasteiger partial charge in [-0.15, -0.1) is 13.2 Å². The van der Waals surface area contributed by atoms with E-state index in [1.54, 1.807) is 0 Å². The van der Waals surface area contributed by atoms with Crippen molar-refractivity contribution in [1.82, 2.24) is 0 Å². The smallest absolute Gasteiger partial charge is 0.406 e. The minimum absolute atomic E-state index is 0.0584. The highest BCUT2D eigenvalue weighted by molar-refractivity contribution is 6.15. The van der Waals surface area contributed by atoms with Crippen LogP contribution in [0.5, 0.6) is 5.75 Å². The van der Waals surface area contributed by atoms with Gasteiger partial charge >= 0.3 is 6.36 Å². The molecule has 3 rings (SSSR count). The molecule has 0 aromatic heterocycles. The zero-order valence-electron chi connectivity index (χ0n) is 10.7. The number of halogens is 3. The van der Waals surface area contributed by atoms with Gasteiger partial charge in [-0.3, -0.25) is 9.59 Å². The molecule has 7 heteroatoms. The van der Waals surface area contributed by atoms with E-state index in [9.17, 15) is 22.8 Å². The Labute approximate surface area is 117 Å². The molecule has 1 aliphatic heterocycles. The second-order valence-corrected chi connectivity index (χ2v) is 4.92. The summed E-state index contributed by atoms with van der Waals surface area (Å²) in [4.78, 5) is 24.9. The predicted molar refractivity (Wildman–Crippen MR) is 66.7 cm³/mol. The summed E-state index contributed by atoms with van der Waals surface area (Å²) in [5.41, 5.74) is 0.966. The van der Waals surface area contributed by atoms with Crippen molar-refractivity contribution >= 4 is 17.4 Å². The summed E-state index contributed by atoms with van der Waals surface area (Å²) in [6.07, 6.45) is -3.08. The van der Waals surface area contributed by atoms with Crippen LogP contribution in [0, 0.1) is 5.92 Å². The summed E-state index contributed by atoms with van der Waals surface area (Å²) < 4.78 is 40.0. The largest absolute Gasteiger partial charge is 0.573 e. The van der Waals surface area contributed by atoms with Crippen LogP contribution >= 0.6 is 0 Å². The third kappa shape index (κ3) is 2.63. The molecule has 21 heavy (non-hydrogen) atoms. The Morgan fingerprint density at radius 2 is 1.81 bits per heavy atom. The van der Waals surface area contributed by atoms with Crippen LogP contribution in [0.4, 0.5) is 18.9 Å². The Balaban J connectivity index is 1.78. The fourth-order valence-corrected chi connectivity index (χ4v) is 2.61. The number of carbonyl (C=O) groups excluding carboxylic acids is 2. The van der Waals surface area contributed by atoms with Gasteiger partial charge in [0.15, 0.2) is 5.78 Å². The minimum Gasteiger partial charge on any atom is -0.406 e. The highest BCUT2D eigenvalue weighted by Gasteiger charge is 2.40. The fourth-order valence-electron chi connectivity index (χ4n) is 2.61. The number of anilines is 1. The van der Waals surface area contributed by atoms with Crippen LogP contribution in [0.2, 0.25) is 0 Å². The molecule has 1 aromatic carbocycles. The van der Waals surface area contributed by atoms with Crippen LogP contribution in [-0.2, 0) is 9.59 Å². The molecule has 1 saturated heterocycles. The van der Waals surface area contributed by atoms with Gasteiger partial charge in [0.05, 0.1) is 0 Å². The van der Waals surface area contributed by atoms with Gasteiger partial charge in [-0.25, -0.2) is 0 Å². The second kappa shape index (κ2) is 4.61. The average Bonchev–Trinajstić information content (AvgIpc) is 2.87. The van der Waals surface area contributed by atoms with Crippen molar-refractivity contribution in [1.29, 1.82) is 0 Å². The van der Waals surface area contributed by atoms with Crippen LogP contribution < -0.4 is 9.64 Å². The Morgan fingerprint density at radius 3 is 2.38 bits per heavy atom. The molecule has 0 saturated carbocycles. The molecular weight excluding hydrogens is 287 g/mol. The van der Waals surface area contributed by atoms with Gasteiger partial charge in [-0.1, -0.05) is 0 Å². The molecule has 4 nitrogen and oxygen atoms in total. The van der Waals surface area contributed by atoms with Crippen molar-refractivity contribution in [2.75, 3.05) is 11.4 Å². The summed E-state index contributed by atoms with van der Waals surface area (Å²) in [5.74, 6) is -0.782. The molecule has 0 N–H and O–H groups in total. The number of ether oxygens (including phenoxy) is 1. The first-order valence-electron chi connectivity index (χ1n) is 6.25. The molecule has 0 bridgehead atoms. The number of alkyl halides is 3. The number of hydrogen-bond donors (Lipinski definition) is 0. The molecule has 0 spiro atoms. The van der Waals surface area contributed by atoms with Crippen LogP contribution in [0.15, 0.2) is 35.9 Å². The zero-order chi connectivity index (χ0) is 15.2. The van der Waals surface area contributed by atoms with E-state index in [2.05, 4.69) is 4.74 Å². The number of benzene rings is 1. The normalized spacial score (nSPS) is 21.6. The van der Waals surface area contributed by atoms with Crippen LogP contribution in [-0.4, -0.2) is 24.6 Å². The monoisotopic (exact) mass is 297 g/mol. The lowest BCUT2D eigenvalue weighted by Gasteiger charge is -2.17.